The zero-order valence-corrected chi connectivity index (χ0v) is 20.1. The molecule has 0 unspecified atom stereocenters. The van der Waals surface area contributed by atoms with Crippen molar-refractivity contribution in [2.75, 3.05) is 20.2 Å². The fourth-order valence-corrected chi connectivity index (χ4v) is 4.22. The van der Waals surface area contributed by atoms with Crippen molar-refractivity contribution in [3.8, 4) is 28.3 Å². The van der Waals surface area contributed by atoms with Crippen LogP contribution in [0.25, 0.3) is 33.3 Å². The van der Waals surface area contributed by atoms with E-state index in [0.717, 1.165) is 51.3 Å². The third kappa shape index (κ3) is 4.73. The van der Waals surface area contributed by atoms with Gasteiger partial charge < -0.3 is 20.4 Å². The first kappa shape index (κ1) is 23.3. The second-order valence-corrected chi connectivity index (χ2v) is 9.12. The van der Waals surface area contributed by atoms with Crippen molar-refractivity contribution in [1.29, 1.82) is 0 Å². The number of carbonyl (C=O) groups excluding carboxylic acids is 1. The number of rotatable bonds is 8. The molecule has 0 atom stereocenters. The monoisotopic (exact) mass is 457 g/mol. The standard InChI is InChI=1S/C27H31N5O2/c1-5-14-32(26(28)33)17-27(2,3)25-30-23(18-10-12-29-13-11-18)24(31-25)21-7-6-20-16-22(34-4)9-8-19(20)15-21/h6-13,15-16H,5,14,17H2,1-4H3,(H2,28,33)(H,30,31). The Hall–Kier alpha value is -3.87. The van der Waals surface area contributed by atoms with E-state index in [0.29, 0.717) is 13.1 Å². The Morgan fingerprint density at radius 2 is 1.76 bits per heavy atom. The summed E-state index contributed by atoms with van der Waals surface area (Å²) in [5, 5.41) is 2.20. The lowest BCUT2D eigenvalue weighted by atomic mass is 9.91. The Balaban J connectivity index is 1.81. The minimum atomic E-state index is -0.436. The summed E-state index contributed by atoms with van der Waals surface area (Å²) < 4.78 is 5.36. The van der Waals surface area contributed by atoms with Crippen LogP contribution in [-0.2, 0) is 5.41 Å². The highest BCUT2D eigenvalue weighted by Gasteiger charge is 2.30. The normalized spacial score (nSPS) is 11.5. The molecule has 0 fully saturated rings. The Morgan fingerprint density at radius 1 is 1.06 bits per heavy atom. The Kier molecular flexibility index (Phi) is 6.54. The van der Waals surface area contributed by atoms with Gasteiger partial charge in [0.05, 0.1) is 18.5 Å². The van der Waals surface area contributed by atoms with Crippen LogP contribution in [0.4, 0.5) is 4.79 Å². The molecule has 0 saturated carbocycles. The topological polar surface area (TPSA) is 97.1 Å². The summed E-state index contributed by atoms with van der Waals surface area (Å²) in [6.45, 7) is 7.26. The van der Waals surface area contributed by atoms with Gasteiger partial charge in [-0.15, -0.1) is 0 Å². The van der Waals surface area contributed by atoms with Gasteiger partial charge in [-0.05, 0) is 47.5 Å². The summed E-state index contributed by atoms with van der Waals surface area (Å²) in [7, 11) is 1.67. The fourth-order valence-electron chi connectivity index (χ4n) is 4.22. The lowest BCUT2D eigenvalue weighted by molar-refractivity contribution is 0.193. The number of carbonyl (C=O) groups is 1. The molecule has 2 aromatic carbocycles. The van der Waals surface area contributed by atoms with E-state index in [1.807, 2.05) is 31.2 Å². The highest BCUT2D eigenvalue weighted by atomic mass is 16.5. The van der Waals surface area contributed by atoms with Crippen LogP contribution < -0.4 is 10.5 Å². The molecule has 0 aliphatic rings. The summed E-state index contributed by atoms with van der Waals surface area (Å²) in [5.41, 5.74) is 8.97. The van der Waals surface area contributed by atoms with Crippen LogP contribution in [0.15, 0.2) is 60.9 Å². The molecule has 3 N–H and O–H groups in total. The minimum Gasteiger partial charge on any atom is -0.497 e. The molecule has 2 aromatic heterocycles. The second-order valence-electron chi connectivity index (χ2n) is 9.12. The maximum absolute atomic E-state index is 12.0. The zero-order valence-electron chi connectivity index (χ0n) is 20.1. The van der Waals surface area contributed by atoms with Crippen LogP contribution in [0.3, 0.4) is 0 Å². The third-order valence-electron chi connectivity index (χ3n) is 6.03. The third-order valence-corrected chi connectivity index (χ3v) is 6.03. The van der Waals surface area contributed by atoms with E-state index in [-0.39, 0.29) is 0 Å². The van der Waals surface area contributed by atoms with Gasteiger partial charge in [-0.2, -0.15) is 0 Å². The van der Waals surface area contributed by atoms with Crippen molar-refractivity contribution in [3.63, 3.8) is 0 Å². The molecule has 2 heterocycles. The van der Waals surface area contributed by atoms with Crippen LogP contribution in [0, 0.1) is 0 Å². The van der Waals surface area contributed by atoms with Crippen molar-refractivity contribution in [2.45, 2.75) is 32.6 Å². The van der Waals surface area contributed by atoms with Gasteiger partial charge in [-0.1, -0.05) is 39.0 Å². The van der Waals surface area contributed by atoms with Crippen LogP contribution in [-0.4, -0.2) is 46.1 Å². The van der Waals surface area contributed by atoms with Gasteiger partial charge in [0, 0.05) is 42.0 Å². The number of amides is 2. The van der Waals surface area contributed by atoms with Crippen LogP contribution in [0.1, 0.15) is 33.0 Å². The van der Waals surface area contributed by atoms with E-state index in [9.17, 15) is 4.79 Å². The summed E-state index contributed by atoms with van der Waals surface area (Å²) in [6, 6.07) is 15.8. The largest absolute Gasteiger partial charge is 0.497 e. The fraction of sp³-hybridized carbons (Fsp3) is 0.296. The number of ether oxygens (including phenoxy) is 1. The number of aromatic nitrogens is 3. The summed E-state index contributed by atoms with van der Waals surface area (Å²) in [4.78, 5) is 26.4. The SMILES string of the molecule is CCCN(CC(C)(C)c1nc(-c2ccc3cc(OC)ccc3c2)c(-c2ccncc2)[nH]1)C(N)=O. The first-order chi connectivity index (χ1) is 16.3. The molecule has 4 rings (SSSR count). The molecule has 2 amide bonds. The van der Waals surface area contributed by atoms with Crippen LogP contribution >= 0.6 is 0 Å². The molecular formula is C27H31N5O2. The second kappa shape index (κ2) is 9.55. The number of imidazole rings is 1. The lowest BCUT2D eigenvalue weighted by Crippen LogP contribution is -2.44. The summed E-state index contributed by atoms with van der Waals surface area (Å²) >= 11 is 0. The Bertz CT molecular complexity index is 1300. The number of fused-ring (bicyclic) bond motifs is 1. The van der Waals surface area contributed by atoms with E-state index in [1.165, 1.54) is 0 Å². The molecule has 0 bridgehead atoms. The number of benzene rings is 2. The number of H-pyrrole nitrogens is 1. The van der Waals surface area contributed by atoms with Gasteiger partial charge in [0.2, 0.25) is 0 Å². The van der Waals surface area contributed by atoms with Crippen LogP contribution in [0.2, 0.25) is 0 Å². The van der Waals surface area contributed by atoms with Gasteiger partial charge in [-0.25, -0.2) is 9.78 Å². The number of hydrogen-bond acceptors (Lipinski definition) is 4. The number of methoxy groups -OCH3 is 1. The average molecular weight is 458 g/mol. The Labute approximate surface area is 200 Å². The number of nitrogens with zero attached hydrogens (tertiary/aromatic N) is 3. The molecular weight excluding hydrogens is 426 g/mol. The molecule has 0 radical (unpaired) electrons. The number of primary amides is 1. The van der Waals surface area contributed by atoms with E-state index >= 15 is 0 Å². The zero-order chi connectivity index (χ0) is 24.3. The lowest BCUT2D eigenvalue weighted by Gasteiger charge is -2.30. The smallest absolute Gasteiger partial charge is 0.314 e. The Morgan fingerprint density at radius 3 is 2.44 bits per heavy atom. The molecule has 7 heteroatoms. The first-order valence-corrected chi connectivity index (χ1v) is 11.5. The van der Waals surface area contributed by atoms with Crippen molar-refractivity contribution in [2.24, 2.45) is 5.73 Å². The number of nitrogens with one attached hydrogen (secondary N) is 1. The molecule has 7 nitrogen and oxygen atoms in total. The molecule has 0 saturated heterocycles. The predicted molar refractivity (Wildman–Crippen MR) is 136 cm³/mol. The van der Waals surface area contributed by atoms with Gasteiger partial charge in [0.1, 0.15) is 11.6 Å². The van der Waals surface area contributed by atoms with Crippen molar-refractivity contribution < 1.29 is 9.53 Å². The number of urea groups is 1. The van der Waals surface area contributed by atoms with E-state index in [1.54, 1.807) is 24.4 Å². The molecule has 0 aliphatic heterocycles. The number of hydrogen-bond donors (Lipinski definition) is 2. The highest BCUT2D eigenvalue weighted by molar-refractivity contribution is 5.90. The van der Waals surface area contributed by atoms with Gasteiger partial charge in [-0.3, -0.25) is 4.98 Å². The minimum absolute atomic E-state index is 0.416. The quantitative estimate of drug-likeness (QED) is 0.372. The van der Waals surface area contributed by atoms with E-state index in [4.69, 9.17) is 15.5 Å². The predicted octanol–water partition coefficient (Wildman–Crippen LogP) is 5.37. The first-order valence-electron chi connectivity index (χ1n) is 11.5. The summed E-state index contributed by atoms with van der Waals surface area (Å²) in [6.07, 6.45) is 4.38. The van der Waals surface area contributed by atoms with Gasteiger partial charge in [0.15, 0.2) is 0 Å². The van der Waals surface area contributed by atoms with Crippen molar-refractivity contribution >= 4 is 16.8 Å². The number of pyridine rings is 1. The van der Waals surface area contributed by atoms with E-state index < -0.39 is 11.4 Å². The van der Waals surface area contributed by atoms with Crippen molar-refractivity contribution in [3.05, 3.63) is 66.7 Å². The molecule has 176 valence electrons. The van der Waals surface area contributed by atoms with Gasteiger partial charge >= 0.3 is 6.03 Å². The van der Waals surface area contributed by atoms with Crippen molar-refractivity contribution in [1.82, 2.24) is 19.9 Å². The van der Waals surface area contributed by atoms with Gasteiger partial charge in [0.25, 0.3) is 0 Å². The molecule has 0 aliphatic carbocycles. The molecule has 0 spiro atoms. The highest BCUT2D eigenvalue weighted by Crippen LogP contribution is 2.35. The summed E-state index contributed by atoms with van der Waals surface area (Å²) in [5.74, 6) is 1.62. The molecule has 34 heavy (non-hydrogen) atoms. The number of aromatic amines is 1. The maximum Gasteiger partial charge on any atom is 0.314 e. The maximum atomic E-state index is 12.0. The van der Waals surface area contributed by atoms with Crippen LogP contribution in [0.5, 0.6) is 5.75 Å². The average Bonchev–Trinajstić information content (AvgIpc) is 3.30. The number of nitrogens with two attached hydrogens (primary N) is 1. The van der Waals surface area contributed by atoms with E-state index in [2.05, 4.69) is 48.1 Å². The molecule has 4 aromatic rings.